The third-order valence-corrected chi connectivity index (χ3v) is 5.55. The topological polar surface area (TPSA) is 114 Å². The number of carboxylic acids is 1. The van der Waals surface area contributed by atoms with Crippen LogP contribution in [0.25, 0.3) is 22.3 Å². The van der Waals surface area contributed by atoms with E-state index in [2.05, 4.69) is 34.3 Å². The van der Waals surface area contributed by atoms with Gasteiger partial charge in [0.25, 0.3) is 0 Å². The Labute approximate surface area is 170 Å². The van der Waals surface area contributed by atoms with Crippen molar-refractivity contribution in [2.75, 3.05) is 13.7 Å². The van der Waals surface area contributed by atoms with E-state index in [1.54, 1.807) is 12.1 Å². The van der Waals surface area contributed by atoms with Crippen molar-refractivity contribution in [1.29, 1.82) is 0 Å². The van der Waals surface area contributed by atoms with Crippen LogP contribution in [-0.2, 0) is 12.8 Å². The molecule has 1 aliphatic rings. The maximum absolute atomic E-state index is 11.1. The minimum absolute atomic E-state index is 0.219. The lowest BCUT2D eigenvalue weighted by atomic mass is 9.76. The van der Waals surface area contributed by atoms with E-state index >= 15 is 0 Å². The van der Waals surface area contributed by atoms with Crippen LogP contribution in [0.5, 0.6) is 0 Å². The Kier molecular flexibility index (Phi) is 6.10. The summed E-state index contributed by atoms with van der Waals surface area (Å²) in [5.74, 6) is -0.914. The molecule has 156 valence electrons. The van der Waals surface area contributed by atoms with Crippen LogP contribution in [0, 0.1) is 5.41 Å². The van der Waals surface area contributed by atoms with Gasteiger partial charge in [-0.05, 0) is 56.8 Å². The number of aromatic carboxylic acids is 1. The Hall–Kier alpha value is -2.64. The van der Waals surface area contributed by atoms with Crippen LogP contribution in [0.1, 0.15) is 48.8 Å². The quantitative estimate of drug-likeness (QED) is 0.462. The first-order chi connectivity index (χ1) is 13.7. The zero-order valence-corrected chi connectivity index (χ0v) is 17.5. The van der Waals surface area contributed by atoms with Gasteiger partial charge in [-0.3, -0.25) is 5.10 Å². The van der Waals surface area contributed by atoms with E-state index in [-0.39, 0.29) is 18.2 Å². The average molecular weight is 399 g/mol. The largest absolute Gasteiger partial charge is 0.478 e. The van der Waals surface area contributed by atoms with Crippen molar-refractivity contribution in [3.63, 3.8) is 0 Å². The second-order valence-electron chi connectivity index (χ2n) is 8.53. The van der Waals surface area contributed by atoms with Crippen molar-refractivity contribution < 1.29 is 15.0 Å². The molecule has 1 atom stereocenters. The highest BCUT2D eigenvalue weighted by atomic mass is 16.4. The monoisotopic (exact) mass is 398 g/mol. The molecule has 0 saturated carbocycles. The smallest absolute Gasteiger partial charge is 0.335 e. The third-order valence-electron chi connectivity index (χ3n) is 5.55. The first-order valence-corrected chi connectivity index (χ1v) is 9.95. The number of carbonyl (C=O) groups is 1. The van der Waals surface area contributed by atoms with Gasteiger partial charge in [-0.25, -0.2) is 4.79 Å². The van der Waals surface area contributed by atoms with E-state index in [1.807, 2.05) is 26.1 Å². The molecule has 2 heterocycles. The summed E-state index contributed by atoms with van der Waals surface area (Å²) in [4.78, 5) is 14.4. The molecule has 2 aromatic heterocycles. The molecule has 0 saturated heterocycles. The summed E-state index contributed by atoms with van der Waals surface area (Å²) in [6.45, 7) is 6.70. The lowest BCUT2D eigenvalue weighted by Crippen LogP contribution is -2.24. The molecule has 1 aromatic carbocycles. The number of rotatable bonds is 4. The molecule has 1 unspecified atom stereocenters. The maximum atomic E-state index is 11.1. The molecule has 0 radical (unpaired) electrons. The molecule has 1 aliphatic carbocycles. The van der Waals surface area contributed by atoms with Gasteiger partial charge >= 0.3 is 5.97 Å². The molecule has 7 nitrogen and oxygen atoms in total. The Morgan fingerprint density at radius 2 is 2.10 bits per heavy atom. The maximum Gasteiger partial charge on any atom is 0.335 e. The molecule has 3 aromatic rings. The minimum atomic E-state index is -0.914. The van der Waals surface area contributed by atoms with Crippen LogP contribution in [0.15, 0.2) is 24.3 Å². The Bertz CT molecular complexity index is 999. The SMILES string of the molecule is CC1(C)CCc2c(-c3cc4ccc(C(=O)O)cc4[nH]3)n[nH]c2C1.CNC(C)CO. The molecule has 4 rings (SSSR count). The van der Waals surface area contributed by atoms with E-state index in [9.17, 15) is 4.79 Å². The van der Waals surface area contributed by atoms with Crippen LogP contribution < -0.4 is 5.32 Å². The molecule has 0 spiro atoms. The number of nitrogens with one attached hydrogen (secondary N) is 3. The number of hydrogen-bond donors (Lipinski definition) is 5. The van der Waals surface area contributed by atoms with Gasteiger partial charge in [-0.1, -0.05) is 19.9 Å². The highest BCUT2D eigenvalue weighted by molar-refractivity contribution is 5.94. The van der Waals surface area contributed by atoms with E-state index in [0.717, 1.165) is 41.6 Å². The standard InChI is InChI=1S/C18H19N3O2.C4H11NO/c1-18(2)6-5-12-15(9-18)20-21-16(12)14-7-10-3-4-11(17(22)23)8-13(10)19-14;1-4(3-6)5-2/h3-4,7-8,19H,5-6,9H2,1-2H3,(H,20,21)(H,22,23);4-6H,3H2,1-2H3. The molecule has 0 amide bonds. The summed E-state index contributed by atoms with van der Waals surface area (Å²) in [6.07, 6.45) is 3.18. The van der Waals surface area contributed by atoms with E-state index in [4.69, 9.17) is 10.2 Å². The van der Waals surface area contributed by atoms with Crippen LogP contribution in [-0.4, -0.2) is 51.1 Å². The van der Waals surface area contributed by atoms with Gasteiger partial charge in [-0.2, -0.15) is 5.10 Å². The highest BCUT2D eigenvalue weighted by Gasteiger charge is 2.29. The van der Waals surface area contributed by atoms with Crippen molar-refractivity contribution in [2.45, 2.75) is 46.1 Å². The number of aromatic nitrogens is 3. The predicted octanol–water partition coefficient (Wildman–Crippen LogP) is 3.36. The number of aromatic amines is 2. The van der Waals surface area contributed by atoms with Gasteiger partial charge in [0.15, 0.2) is 0 Å². The molecule has 0 fully saturated rings. The van der Waals surface area contributed by atoms with Crippen molar-refractivity contribution >= 4 is 16.9 Å². The number of benzene rings is 1. The van der Waals surface area contributed by atoms with Crippen molar-refractivity contribution in [3.8, 4) is 11.4 Å². The highest BCUT2D eigenvalue weighted by Crippen LogP contribution is 2.38. The third kappa shape index (κ3) is 4.68. The van der Waals surface area contributed by atoms with Crippen LogP contribution in [0.3, 0.4) is 0 Å². The fourth-order valence-corrected chi connectivity index (χ4v) is 3.55. The Morgan fingerprint density at radius 3 is 2.72 bits per heavy atom. The lowest BCUT2D eigenvalue weighted by molar-refractivity contribution is 0.0697. The second-order valence-corrected chi connectivity index (χ2v) is 8.53. The summed E-state index contributed by atoms with van der Waals surface area (Å²) in [7, 11) is 1.82. The molecule has 5 N–H and O–H groups in total. The van der Waals surface area contributed by atoms with Gasteiger partial charge in [0.2, 0.25) is 0 Å². The number of aliphatic hydroxyl groups is 1. The molecule has 7 heteroatoms. The van der Waals surface area contributed by atoms with Crippen molar-refractivity contribution in [3.05, 3.63) is 41.1 Å². The van der Waals surface area contributed by atoms with E-state index in [0.29, 0.717) is 5.41 Å². The molecular formula is C22H30N4O3. The van der Waals surface area contributed by atoms with Gasteiger partial charge < -0.3 is 20.5 Å². The van der Waals surface area contributed by atoms with Crippen LogP contribution in [0.4, 0.5) is 0 Å². The van der Waals surface area contributed by atoms with Crippen LogP contribution >= 0.6 is 0 Å². The predicted molar refractivity (Wildman–Crippen MR) is 114 cm³/mol. The molecule has 0 bridgehead atoms. The van der Waals surface area contributed by atoms with Crippen molar-refractivity contribution in [1.82, 2.24) is 20.5 Å². The summed E-state index contributed by atoms with van der Waals surface area (Å²) < 4.78 is 0. The normalized spacial score (nSPS) is 16.0. The zero-order chi connectivity index (χ0) is 21.2. The summed E-state index contributed by atoms with van der Waals surface area (Å²) in [5, 5.41) is 28.9. The van der Waals surface area contributed by atoms with E-state index in [1.165, 1.54) is 11.3 Å². The second kappa shape index (κ2) is 8.39. The van der Waals surface area contributed by atoms with Crippen LogP contribution in [0.2, 0.25) is 0 Å². The molecular weight excluding hydrogens is 368 g/mol. The number of aliphatic hydroxyl groups excluding tert-OH is 1. The number of carboxylic acid groups (broad SMARTS) is 1. The lowest BCUT2D eigenvalue weighted by Gasteiger charge is -2.28. The molecule has 0 aliphatic heterocycles. The van der Waals surface area contributed by atoms with Gasteiger partial charge in [0.05, 0.1) is 17.9 Å². The number of fused-ring (bicyclic) bond motifs is 2. The average Bonchev–Trinajstić information content (AvgIpc) is 3.29. The van der Waals surface area contributed by atoms with E-state index < -0.39 is 5.97 Å². The first kappa shape index (κ1) is 21.1. The Balaban J connectivity index is 0.000000353. The number of nitrogens with zero attached hydrogens (tertiary/aromatic N) is 1. The van der Waals surface area contributed by atoms with Crippen molar-refractivity contribution in [2.24, 2.45) is 5.41 Å². The summed E-state index contributed by atoms with van der Waals surface area (Å²) >= 11 is 0. The first-order valence-electron chi connectivity index (χ1n) is 9.95. The summed E-state index contributed by atoms with van der Waals surface area (Å²) in [5.41, 5.74) is 5.84. The number of hydrogen-bond acceptors (Lipinski definition) is 4. The zero-order valence-electron chi connectivity index (χ0n) is 17.5. The molecule has 29 heavy (non-hydrogen) atoms. The fourth-order valence-electron chi connectivity index (χ4n) is 3.55. The fraction of sp³-hybridized carbons (Fsp3) is 0.455. The van der Waals surface area contributed by atoms with Gasteiger partial charge in [0.1, 0.15) is 5.69 Å². The Morgan fingerprint density at radius 1 is 1.34 bits per heavy atom. The van der Waals surface area contributed by atoms with Gasteiger partial charge in [0, 0.05) is 28.2 Å². The summed E-state index contributed by atoms with van der Waals surface area (Å²) in [6, 6.07) is 7.41. The minimum Gasteiger partial charge on any atom is -0.478 e. The number of H-pyrrole nitrogens is 2. The number of likely N-dealkylation sites (N-methyl/N-ethyl adjacent to an activating group) is 1. The van der Waals surface area contributed by atoms with Gasteiger partial charge in [-0.15, -0.1) is 0 Å².